The van der Waals surface area contributed by atoms with E-state index in [1.807, 2.05) is 13.8 Å². The van der Waals surface area contributed by atoms with Gasteiger partial charge in [0.2, 0.25) is 0 Å². The molecule has 1 rings (SSSR count). The van der Waals surface area contributed by atoms with Crippen LogP contribution >= 0.6 is 0 Å². The van der Waals surface area contributed by atoms with Crippen LogP contribution in [0.5, 0.6) is 0 Å². The summed E-state index contributed by atoms with van der Waals surface area (Å²) in [6.07, 6.45) is 7.11. The zero-order valence-corrected chi connectivity index (χ0v) is 10.5. The van der Waals surface area contributed by atoms with Gasteiger partial charge in [-0.2, -0.15) is 8.42 Å². The fraction of sp³-hybridized carbons (Fsp3) is 1.00. The average molecular weight is 234 g/mol. The Labute approximate surface area is 93.0 Å². The molecule has 0 bridgehead atoms. The standard InChI is InChI=1S/C11H22O3S/c1-11(2,9-15(12,13)14)10-7-5-3-4-6-8-10/h10H,3-9H2,1-2H3,(H,12,13,14). The molecule has 4 heteroatoms. The first-order valence-corrected chi connectivity index (χ1v) is 7.37. The monoisotopic (exact) mass is 234 g/mol. The third-order valence-electron chi connectivity index (χ3n) is 3.51. The normalized spacial score (nSPS) is 21.3. The molecule has 0 aromatic heterocycles. The van der Waals surface area contributed by atoms with Crippen LogP contribution in [0.25, 0.3) is 0 Å². The van der Waals surface area contributed by atoms with Gasteiger partial charge >= 0.3 is 0 Å². The predicted octanol–water partition coefficient (Wildman–Crippen LogP) is 2.87. The summed E-state index contributed by atoms with van der Waals surface area (Å²) in [4.78, 5) is 0. The highest BCUT2D eigenvalue weighted by atomic mass is 32.2. The third kappa shape index (κ3) is 4.51. The molecule has 1 aliphatic rings. The Kier molecular flexibility index (Phi) is 4.18. The minimum atomic E-state index is -3.84. The van der Waals surface area contributed by atoms with Gasteiger partial charge in [-0.3, -0.25) is 4.55 Å². The van der Waals surface area contributed by atoms with E-state index in [1.54, 1.807) is 0 Å². The average Bonchev–Trinajstić information content (AvgIpc) is 2.25. The highest BCUT2D eigenvalue weighted by molar-refractivity contribution is 7.85. The van der Waals surface area contributed by atoms with E-state index in [0.29, 0.717) is 5.92 Å². The lowest BCUT2D eigenvalue weighted by molar-refractivity contribution is 0.214. The molecule has 0 radical (unpaired) electrons. The van der Waals surface area contributed by atoms with Crippen molar-refractivity contribution in [3.05, 3.63) is 0 Å². The minimum Gasteiger partial charge on any atom is -0.286 e. The first-order chi connectivity index (χ1) is 6.81. The summed E-state index contributed by atoms with van der Waals surface area (Å²) >= 11 is 0. The second-order valence-corrected chi connectivity index (χ2v) is 6.86. The first-order valence-electron chi connectivity index (χ1n) is 5.76. The fourth-order valence-corrected chi connectivity index (χ4v) is 3.82. The second-order valence-electron chi connectivity index (χ2n) is 5.40. The van der Waals surface area contributed by atoms with Crippen molar-refractivity contribution in [2.45, 2.75) is 52.4 Å². The zero-order chi connectivity index (χ0) is 11.5. The molecule has 0 atom stereocenters. The molecule has 15 heavy (non-hydrogen) atoms. The van der Waals surface area contributed by atoms with Gasteiger partial charge in [-0.1, -0.05) is 39.5 Å². The lowest BCUT2D eigenvalue weighted by atomic mass is 9.76. The summed E-state index contributed by atoms with van der Waals surface area (Å²) in [7, 11) is -3.84. The van der Waals surface area contributed by atoms with Gasteiger partial charge in [0.25, 0.3) is 10.1 Å². The molecule has 3 nitrogen and oxygen atoms in total. The van der Waals surface area contributed by atoms with Gasteiger partial charge in [-0.25, -0.2) is 0 Å². The molecule has 0 heterocycles. The van der Waals surface area contributed by atoms with Gasteiger partial charge in [0.15, 0.2) is 0 Å². The zero-order valence-electron chi connectivity index (χ0n) is 9.70. The largest absolute Gasteiger partial charge is 0.286 e. The quantitative estimate of drug-likeness (QED) is 0.603. The molecule has 0 saturated heterocycles. The van der Waals surface area contributed by atoms with E-state index in [0.717, 1.165) is 12.8 Å². The Balaban J connectivity index is 2.66. The molecular weight excluding hydrogens is 212 g/mol. The lowest BCUT2D eigenvalue weighted by Crippen LogP contribution is -2.31. The van der Waals surface area contributed by atoms with Crippen molar-refractivity contribution in [2.75, 3.05) is 5.75 Å². The van der Waals surface area contributed by atoms with Crippen molar-refractivity contribution < 1.29 is 13.0 Å². The molecule has 1 saturated carbocycles. The van der Waals surface area contributed by atoms with Crippen LogP contribution in [0.1, 0.15) is 52.4 Å². The van der Waals surface area contributed by atoms with E-state index >= 15 is 0 Å². The SMILES string of the molecule is CC(C)(CS(=O)(=O)O)C1CCCCCC1. The number of hydrogen-bond donors (Lipinski definition) is 1. The van der Waals surface area contributed by atoms with Crippen LogP contribution in [0.4, 0.5) is 0 Å². The second kappa shape index (κ2) is 4.83. The minimum absolute atomic E-state index is 0.106. The Bertz CT molecular complexity index is 285. The molecule has 1 N–H and O–H groups in total. The maximum atomic E-state index is 10.9. The maximum absolute atomic E-state index is 10.9. The van der Waals surface area contributed by atoms with Crippen LogP contribution in [-0.4, -0.2) is 18.7 Å². The van der Waals surface area contributed by atoms with Gasteiger partial charge < -0.3 is 0 Å². The van der Waals surface area contributed by atoms with Gasteiger partial charge in [0.1, 0.15) is 0 Å². The lowest BCUT2D eigenvalue weighted by Gasteiger charge is -2.32. The smallest absolute Gasteiger partial charge is 0.265 e. The van der Waals surface area contributed by atoms with Gasteiger partial charge in [-0.05, 0) is 24.2 Å². The Hall–Kier alpha value is -0.0900. The molecule has 0 aliphatic heterocycles. The Morgan fingerprint density at radius 1 is 1.13 bits per heavy atom. The molecule has 1 fully saturated rings. The van der Waals surface area contributed by atoms with Crippen molar-refractivity contribution in [1.29, 1.82) is 0 Å². The van der Waals surface area contributed by atoms with E-state index in [-0.39, 0.29) is 11.2 Å². The van der Waals surface area contributed by atoms with Crippen LogP contribution in [0.2, 0.25) is 0 Å². The highest BCUT2D eigenvalue weighted by Crippen LogP contribution is 2.38. The van der Waals surface area contributed by atoms with E-state index in [1.165, 1.54) is 25.7 Å². The van der Waals surface area contributed by atoms with Crippen molar-refractivity contribution in [3.63, 3.8) is 0 Å². The molecule has 0 aromatic carbocycles. The summed E-state index contributed by atoms with van der Waals surface area (Å²) in [5, 5.41) is 0. The van der Waals surface area contributed by atoms with Gasteiger partial charge in [0.05, 0.1) is 5.75 Å². The van der Waals surface area contributed by atoms with Gasteiger partial charge in [0, 0.05) is 0 Å². The summed E-state index contributed by atoms with van der Waals surface area (Å²) in [6, 6.07) is 0. The first kappa shape index (κ1) is 13.0. The van der Waals surface area contributed by atoms with Crippen LogP contribution in [0.3, 0.4) is 0 Å². The van der Waals surface area contributed by atoms with Crippen LogP contribution in [-0.2, 0) is 10.1 Å². The Morgan fingerprint density at radius 2 is 1.60 bits per heavy atom. The van der Waals surface area contributed by atoms with E-state index in [2.05, 4.69) is 0 Å². The summed E-state index contributed by atoms with van der Waals surface area (Å²) < 4.78 is 30.8. The van der Waals surface area contributed by atoms with Crippen molar-refractivity contribution in [2.24, 2.45) is 11.3 Å². The predicted molar refractivity (Wildman–Crippen MR) is 61.4 cm³/mol. The highest BCUT2D eigenvalue weighted by Gasteiger charge is 2.33. The summed E-state index contributed by atoms with van der Waals surface area (Å²) in [6.45, 7) is 3.91. The maximum Gasteiger partial charge on any atom is 0.265 e. The number of hydrogen-bond acceptors (Lipinski definition) is 2. The van der Waals surface area contributed by atoms with Crippen molar-refractivity contribution in [3.8, 4) is 0 Å². The topological polar surface area (TPSA) is 54.4 Å². The summed E-state index contributed by atoms with van der Waals surface area (Å²) in [5.41, 5.74) is -0.294. The molecule has 0 aromatic rings. The molecule has 0 spiro atoms. The van der Waals surface area contributed by atoms with Crippen molar-refractivity contribution in [1.82, 2.24) is 0 Å². The van der Waals surface area contributed by atoms with E-state index in [9.17, 15) is 8.42 Å². The Morgan fingerprint density at radius 3 is 2.00 bits per heavy atom. The fourth-order valence-electron chi connectivity index (χ4n) is 2.65. The molecule has 90 valence electrons. The van der Waals surface area contributed by atoms with Crippen molar-refractivity contribution >= 4 is 10.1 Å². The van der Waals surface area contributed by atoms with Crippen LogP contribution in [0, 0.1) is 11.3 Å². The van der Waals surface area contributed by atoms with Crippen LogP contribution in [0.15, 0.2) is 0 Å². The summed E-state index contributed by atoms with van der Waals surface area (Å²) in [5.74, 6) is 0.326. The van der Waals surface area contributed by atoms with Gasteiger partial charge in [-0.15, -0.1) is 0 Å². The molecular formula is C11H22O3S. The molecule has 0 unspecified atom stereocenters. The molecule has 1 aliphatic carbocycles. The van der Waals surface area contributed by atoms with E-state index in [4.69, 9.17) is 4.55 Å². The third-order valence-corrected chi connectivity index (χ3v) is 4.62. The number of rotatable bonds is 3. The van der Waals surface area contributed by atoms with Crippen LogP contribution < -0.4 is 0 Å². The molecule has 0 amide bonds. The van der Waals surface area contributed by atoms with E-state index < -0.39 is 10.1 Å².